The first kappa shape index (κ1) is 36.1. The normalized spacial score (nSPS) is 11.3. The molecule has 10 aromatic carbocycles. The van der Waals surface area contributed by atoms with Gasteiger partial charge >= 0.3 is 0 Å². The number of hydrogen-bond donors (Lipinski definition) is 0. The Bertz CT molecular complexity index is 3310. The molecule has 1 heteroatoms. The molecule has 0 aliphatic rings. The molecule has 0 spiro atoms. The van der Waals surface area contributed by atoms with Gasteiger partial charge in [-0.2, -0.15) is 0 Å². The molecule has 0 aliphatic heterocycles. The van der Waals surface area contributed by atoms with E-state index in [-0.39, 0.29) is 0 Å². The van der Waals surface area contributed by atoms with Crippen LogP contribution in [0.3, 0.4) is 0 Å². The molecule has 1 aromatic heterocycles. The molecule has 1 nitrogen and oxygen atoms in total. The summed E-state index contributed by atoms with van der Waals surface area (Å²) in [5.74, 6) is 0. The van der Waals surface area contributed by atoms with Gasteiger partial charge in [0, 0.05) is 22.8 Å². The molecule has 0 amide bonds. The van der Waals surface area contributed by atoms with E-state index in [1.807, 2.05) is 0 Å². The van der Waals surface area contributed by atoms with Crippen LogP contribution in [-0.4, -0.2) is 4.57 Å². The van der Waals surface area contributed by atoms with E-state index in [1.165, 1.54) is 94.0 Å². The van der Waals surface area contributed by atoms with Crippen LogP contribution < -0.4 is 0 Å². The predicted octanol–water partition coefficient (Wildman–Crippen LogP) is 16.5. The maximum Gasteiger partial charge on any atom is 0.0535 e. The van der Waals surface area contributed by atoms with Crippen molar-refractivity contribution in [3.05, 3.63) is 249 Å². The van der Waals surface area contributed by atoms with Crippen molar-refractivity contribution in [1.29, 1.82) is 0 Å². The molecule has 0 unspecified atom stereocenters. The third kappa shape index (κ3) is 6.93. The minimum atomic E-state index is 1.12. The smallest absolute Gasteiger partial charge is 0.0535 e. The van der Waals surface area contributed by atoms with E-state index < -0.39 is 0 Å². The maximum atomic E-state index is 2.41. The molecule has 1 heterocycles. The standard InChI is InChI=1S/C60H41N/c1-5-15-42(16-6-1)50-29-34-54(56(38-50)46-20-9-3-10-21-46)52-31-36-60-58(40-52)59(55-35-30-51(43-17-7-2-8-18-43)39-57(55)47-22-11-4-12-23-47)41-61(60)53-32-27-45(28-33-53)49-26-25-44-19-13-14-24-48(44)37-49/h1-41H. The van der Waals surface area contributed by atoms with Crippen molar-refractivity contribution in [1.82, 2.24) is 4.57 Å². The van der Waals surface area contributed by atoms with Crippen LogP contribution in [0.25, 0.3) is 105 Å². The number of hydrogen-bond acceptors (Lipinski definition) is 0. The van der Waals surface area contributed by atoms with Gasteiger partial charge in [0.05, 0.1) is 5.52 Å². The summed E-state index contributed by atoms with van der Waals surface area (Å²) >= 11 is 0. The largest absolute Gasteiger partial charge is 0.316 e. The average Bonchev–Trinajstić information content (AvgIpc) is 3.73. The van der Waals surface area contributed by atoms with Crippen LogP contribution >= 0.6 is 0 Å². The first-order valence-electron chi connectivity index (χ1n) is 21.0. The van der Waals surface area contributed by atoms with E-state index in [1.54, 1.807) is 0 Å². The fourth-order valence-corrected chi connectivity index (χ4v) is 8.92. The zero-order valence-corrected chi connectivity index (χ0v) is 33.6. The lowest BCUT2D eigenvalue weighted by atomic mass is 9.89. The van der Waals surface area contributed by atoms with Gasteiger partial charge in [-0.15, -0.1) is 0 Å². The molecule has 0 saturated carbocycles. The summed E-state index contributed by atoms with van der Waals surface area (Å²) in [5.41, 5.74) is 19.1. The topological polar surface area (TPSA) is 4.93 Å². The quantitative estimate of drug-likeness (QED) is 0.145. The summed E-state index contributed by atoms with van der Waals surface area (Å²) in [6, 6.07) is 88.2. The molecular formula is C60H41N. The number of aromatic nitrogens is 1. The zero-order valence-electron chi connectivity index (χ0n) is 33.6. The maximum absolute atomic E-state index is 2.41. The molecule has 0 N–H and O–H groups in total. The lowest BCUT2D eigenvalue weighted by molar-refractivity contribution is 1.13. The highest BCUT2D eigenvalue weighted by atomic mass is 15.0. The van der Waals surface area contributed by atoms with Crippen molar-refractivity contribution in [3.63, 3.8) is 0 Å². The first-order valence-corrected chi connectivity index (χ1v) is 21.0. The van der Waals surface area contributed by atoms with Crippen LogP contribution in [0.5, 0.6) is 0 Å². The van der Waals surface area contributed by atoms with Crippen molar-refractivity contribution in [2.75, 3.05) is 0 Å². The van der Waals surface area contributed by atoms with Crippen LogP contribution in [0.1, 0.15) is 0 Å². The molecule has 286 valence electrons. The Morgan fingerprint density at radius 3 is 1.28 bits per heavy atom. The molecule has 0 fully saturated rings. The van der Waals surface area contributed by atoms with Crippen LogP contribution in [0.4, 0.5) is 0 Å². The third-order valence-corrected chi connectivity index (χ3v) is 12.1. The fourth-order valence-electron chi connectivity index (χ4n) is 8.92. The summed E-state index contributed by atoms with van der Waals surface area (Å²) in [6.45, 7) is 0. The Hall–Kier alpha value is -8.00. The van der Waals surface area contributed by atoms with Crippen molar-refractivity contribution in [2.24, 2.45) is 0 Å². The van der Waals surface area contributed by atoms with Crippen molar-refractivity contribution < 1.29 is 0 Å². The molecule has 0 radical (unpaired) electrons. The Kier molecular flexibility index (Phi) is 9.26. The second kappa shape index (κ2) is 15.6. The van der Waals surface area contributed by atoms with Gasteiger partial charge in [0.2, 0.25) is 0 Å². The van der Waals surface area contributed by atoms with Gasteiger partial charge in [-0.25, -0.2) is 0 Å². The summed E-state index contributed by atoms with van der Waals surface area (Å²) in [6.07, 6.45) is 2.35. The van der Waals surface area contributed by atoms with Crippen LogP contribution in [0.15, 0.2) is 249 Å². The van der Waals surface area contributed by atoms with Gasteiger partial charge in [0.1, 0.15) is 0 Å². The molecule has 11 rings (SSSR count). The average molecular weight is 776 g/mol. The van der Waals surface area contributed by atoms with Crippen LogP contribution in [-0.2, 0) is 0 Å². The molecule has 0 saturated heterocycles. The third-order valence-electron chi connectivity index (χ3n) is 12.1. The number of rotatable bonds is 8. The summed E-state index contributed by atoms with van der Waals surface area (Å²) < 4.78 is 2.37. The van der Waals surface area contributed by atoms with Gasteiger partial charge in [0.25, 0.3) is 0 Å². The van der Waals surface area contributed by atoms with Gasteiger partial charge < -0.3 is 4.57 Å². The highest BCUT2D eigenvalue weighted by Gasteiger charge is 2.19. The van der Waals surface area contributed by atoms with E-state index in [2.05, 4.69) is 253 Å². The van der Waals surface area contributed by atoms with Crippen molar-refractivity contribution >= 4 is 21.7 Å². The van der Waals surface area contributed by atoms with Gasteiger partial charge in [0.15, 0.2) is 0 Å². The van der Waals surface area contributed by atoms with Gasteiger partial charge in [-0.3, -0.25) is 0 Å². The lowest BCUT2D eigenvalue weighted by Gasteiger charge is -2.15. The van der Waals surface area contributed by atoms with E-state index in [0.717, 1.165) is 11.2 Å². The number of nitrogens with zero attached hydrogens (tertiary/aromatic N) is 1. The highest BCUT2D eigenvalue weighted by molar-refractivity contribution is 6.04. The Morgan fingerprint density at radius 2 is 0.672 bits per heavy atom. The van der Waals surface area contributed by atoms with E-state index >= 15 is 0 Å². The highest BCUT2D eigenvalue weighted by Crippen LogP contribution is 2.43. The SMILES string of the molecule is c1ccc(-c2ccc(-c3ccc4c(c3)c(-c3ccc(-c5ccccc5)cc3-c3ccccc3)cn4-c3ccc(-c4ccc5ccccc5c4)cc3)c(-c3ccccc3)c2)cc1. The predicted molar refractivity (Wildman–Crippen MR) is 259 cm³/mol. The molecule has 61 heavy (non-hydrogen) atoms. The van der Waals surface area contributed by atoms with Crippen molar-refractivity contribution in [3.8, 4) is 83.6 Å². The Balaban J connectivity index is 1.11. The van der Waals surface area contributed by atoms with Crippen LogP contribution in [0, 0.1) is 0 Å². The molecular weight excluding hydrogens is 735 g/mol. The zero-order chi connectivity index (χ0) is 40.5. The van der Waals surface area contributed by atoms with Crippen molar-refractivity contribution in [2.45, 2.75) is 0 Å². The summed E-state index contributed by atoms with van der Waals surface area (Å²) in [5, 5.41) is 3.70. The Morgan fingerprint density at radius 1 is 0.230 bits per heavy atom. The Labute approximate surface area is 357 Å². The second-order valence-electron chi connectivity index (χ2n) is 15.7. The minimum Gasteiger partial charge on any atom is -0.316 e. The molecule has 0 atom stereocenters. The lowest BCUT2D eigenvalue weighted by Crippen LogP contribution is -1.92. The summed E-state index contributed by atoms with van der Waals surface area (Å²) in [4.78, 5) is 0. The molecule has 0 aliphatic carbocycles. The minimum absolute atomic E-state index is 1.12. The monoisotopic (exact) mass is 775 g/mol. The van der Waals surface area contributed by atoms with Gasteiger partial charge in [-0.05, 0) is 126 Å². The van der Waals surface area contributed by atoms with E-state index in [4.69, 9.17) is 0 Å². The second-order valence-corrected chi connectivity index (χ2v) is 15.7. The van der Waals surface area contributed by atoms with Crippen LogP contribution in [0.2, 0.25) is 0 Å². The number of benzene rings is 10. The summed E-state index contributed by atoms with van der Waals surface area (Å²) in [7, 11) is 0. The first-order chi connectivity index (χ1) is 30.2. The molecule has 11 aromatic rings. The molecule has 0 bridgehead atoms. The fraction of sp³-hybridized carbons (Fsp3) is 0. The number of fused-ring (bicyclic) bond motifs is 2. The van der Waals surface area contributed by atoms with E-state index in [9.17, 15) is 0 Å². The van der Waals surface area contributed by atoms with E-state index in [0.29, 0.717) is 0 Å². The van der Waals surface area contributed by atoms with Gasteiger partial charge in [-0.1, -0.05) is 200 Å².